The number of nitrogens with one attached hydrogen (secondary N) is 1. The molecule has 1 aromatic rings. The fraction of sp³-hybridized carbons (Fsp3) is 0.615. The molecule has 2 saturated heterocycles. The van der Waals surface area contributed by atoms with Gasteiger partial charge in [-0.15, -0.1) is 24.8 Å². The zero-order chi connectivity index (χ0) is 24.5. The molecule has 0 unspecified atom stereocenters. The molecule has 0 aromatic heterocycles. The van der Waals surface area contributed by atoms with Gasteiger partial charge in [0.25, 0.3) is 0 Å². The van der Waals surface area contributed by atoms with Crippen LogP contribution in [0.15, 0.2) is 24.0 Å². The average Bonchev–Trinajstić information content (AvgIpc) is 3.49. The maximum absolute atomic E-state index is 13.0. The summed E-state index contributed by atoms with van der Waals surface area (Å²) in [6.07, 6.45) is 3.33. The van der Waals surface area contributed by atoms with Crippen molar-refractivity contribution in [1.29, 1.82) is 0 Å². The molecule has 11 heteroatoms. The fourth-order valence-corrected chi connectivity index (χ4v) is 6.98. The van der Waals surface area contributed by atoms with Gasteiger partial charge in [0.15, 0.2) is 23.7 Å². The number of halogens is 2. The predicted molar refractivity (Wildman–Crippen MR) is 139 cm³/mol. The number of esters is 2. The number of nitrogens with zero attached hydrogens (tertiary/aromatic N) is 1. The van der Waals surface area contributed by atoms with Crippen molar-refractivity contribution in [3.05, 3.63) is 35.1 Å². The van der Waals surface area contributed by atoms with E-state index in [-0.39, 0.29) is 36.9 Å². The van der Waals surface area contributed by atoms with Gasteiger partial charge in [-0.1, -0.05) is 6.07 Å². The molecular formula is C26H34Cl2N2O7. The number of likely N-dealkylation sites (N-methyl/N-ethyl adjacent to an activating group) is 1. The Morgan fingerprint density at radius 2 is 2.08 bits per heavy atom. The summed E-state index contributed by atoms with van der Waals surface area (Å²) in [5, 5.41) is 15.3. The van der Waals surface area contributed by atoms with Crippen molar-refractivity contribution in [2.75, 3.05) is 27.2 Å². The van der Waals surface area contributed by atoms with Crippen molar-refractivity contribution in [3.63, 3.8) is 0 Å². The van der Waals surface area contributed by atoms with Gasteiger partial charge in [-0.2, -0.15) is 0 Å². The van der Waals surface area contributed by atoms with Crippen molar-refractivity contribution >= 4 is 36.8 Å². The Morgan fingerprint density at radius 1 is 1.30 bits per heavy atom. The highest BCUT2D eigenvalue weighted by Crippen LogP contribution is 2.65. The van der Waals surface area contributed by atoms with Crippen LogP contribution in [0.1, 0.15) is 43.7 Å². The zero-order valence-electron chi connectivity index (χ0n) is 21.2. The molecule has 5 aliphatic rings. The summed E-state index contributed by atoms with van der Waals surface area (Å²) in [6.45, 7) is 3.06. The Morgan fingerprint density at radius 3 is 2.78 bits per heavy atom. The number of hydrogen-bond donors (Lipinski definition) is 2. The first kappa shape index (κ1) is 28.0. The van der Waals surface area contributed by atoms with E-state index >= 15 is 0 Å². The molecule has 6 atom stereocenters. The van der Waals surface area contributed by atoms with Crippen LogP contribution in [0.4, 0.5) is 0 Å². The van der Waals surface area contributed by atoms with Crippen molar-refractivity contribution in [2.45, 2.75) is 74.3 Å². The average molecular weight is 557 g/mol. The number of piperidine rings is 1. The molecule has 0 saturated carbocycles. The van der Waals surface area contributed by atoms with Gasteiger partial charge in [0, 0.05) is 18.0 Å². The Balaban J connectivity index is 0.00000160. The highest BCUT2D eigenvalue weighted by molar-refractivity contribution is 5.85. The lowest BCUT2D eigenvalue weighted by molar-refractivity contribution is -0.176. The van der Waals surface area contributed by atoms with Crippen LogP contribution in [0.2, 0.25) is 0 Å². The second kappa shape index (κ2) is 9.93. The number of rotatable bonds is 5. The predicted octanol–water partition coefficient (Wildman–Crippen LogP) is 2.04. The molecule has 6 rings (SSSR count). The first-order valence-electron chi connectivity index (χ1n) is 12.5. The van der Waals surface area contributed by atoms with E-state index in [1.807, 2.05) is 13.1 Å². The van der Waals surface area contributed by atoms with Gasteiger partial charge in [0.05, 0.1) is 18.1 Å². The van der Waals surface area contributed by atoms with Crippen LogP contribution < -0.4 is 14.8 Å². The topological polar surface area (TPSA) is 107 Å². The molecule has 2 aliphatic carbocycles. The monoisotopic (exact) mass is 556 g/mol. The Hall–Kier alpha value is -2.04. The molecule has 2 bridgehead atoms. The van der Waals surface area contributed by atoms with E-state index < -0.39 is 35.2 Å². The number of benzene rings is 1. The lowest BCUT2D eigenvalue weighted by Crippen LogP contribution is -2.74. The number of carbonyl (C=O) groups excluding carboxylic acids is 2. The zero-order valence-corrected chi connectivity index (χ0v) is 22.8. The molecule has 3 aliphatic heterocycles. The molecule has 0 amide bonds. The summed E-state index contributed by atoms with van der Waals surface area (Å²) < 4.78 is 23.3. The highest BCUT2D eigenvalue weighted by Gasteiger charge is 2.72. The van der Waals surface area contributed by atoms with E-state index in [0.717, 1.165) is 30.6 Å². The first-order valence-corrected chi connectivity index (χ1v) is 12.5. The van der Waals surface area contributed by atoms with Crippen molar-refractivity contribution in [3.8, 4) is 11.5 Å². The van der Waals surface area contributed by atoms with Gasteiger partial charge in [0.1, 0.15) is 11.8 Å². The van der Waals surface area contributed by atoms with Gasteiger partial charge in [-0.3, -0.25) is 4.79 Å². The molecule has 37 heavy (non-hydrogen) atoms. The number of hydrogen-bond acceptors (Lipinski definition) is 9. The molecule has 2 fully saturated rings. The van der Waals surface area contributed by atoms with Crippen LogP contribution in [-0.4, -0.2) is 79.1 Å². The van der Waals surface area contributed by atoms with Gasteiger partial charge in [-0.25, -0.2) is 4.79 Å². The lowest BCUT2D eigenvalue weighted by atomic mass is 9.50. The third-order valence-corrected chi connectivity index (χ3v) is 8.75. The summed E-state index contributed by atoms with van der Waals surface area (Å²) in [7, 11) is 3.64. The van der Waals surface area contributed by atoms with Crippen LogP contribution in [0.25, 0.3) is 0 Å². The largest absolute Gasteiger partial charge is 0.493 e. The standard InChI is InChI=1S/C26H32N2O7.2ClH/c1-14(33-24(30)16-5-4-11-27-16)23(29)34-18-8-9-26(31)19-13-15-6-7-17(32-3)21-20(15)25(26,22(18)35-21)10-12-28(19)2;;/h6-8,14,16,19,22,27,31H,4-5,9-13H2,1-3H3;2*1H/t14-,16-,19-,22-,25-,26+;;/m0../s1. The number of aliphatic hydroxyl groups is 1. The lowest BCUT2D eigenvalue weighted by Gasteiger charge is -2.61. The minimum absolute atomic E-state index is 0. The number of likely N-dealkylation sites (tertiary alicyclic amines) is 1. The van der Waals surface area contributed by atoms with Gasteiger partial charge in [0.2, 0.25) is 0 Å². The van der Waals surface area contributed by atoms with Crippen molar-refractivity contribution < 1.29 is 33.6 Å². The maximum Gasteiger partial charge on any atom is 0.352 e. The summed E-state index contributed by atoms with van der Waals surface area (Å²) in [4.78, 5) is 27.6. The van der Waals surface area contributed by atoms with E-state index in [1.165, 1.54) is 6.92 Å². The number of methoxy groups -OCH3 is 1. The summed E-state index contributed by atoms with van der Waals surface area (Å²) >= 11 is 0. The Kier molecular flexibility index (Phi) is 7.51. The third-order valence-electron chi connectivity index (χ3n) is 8.75. The maximum atomic E-state index is 13.0. The molecular weight excluding hydrogens is 523 g/mol. The Bertz CT molecular complexity index is 1120. The van der Waals surface area contributed by atoms with Gasteiger partial charge >= 0.3 is 11.9 Å². The highest BCUT2D eigenvalue weighted by atomic mass is 35.5. The molecule has 204 valence electrons. The SMILES string of the molecule is COc1ccc2c3c1O[C@H]1C(OC(=O)[C@H](C)OC(=O)[C@@H]4CCCN4)=CC[C@@]4(O)[C@H](C2)N(C)CC[C@]314.Cl.Cl. The van der Waals surface area contributed by atoms with Crippen LogP contribution >= 0.6 is 24.8 Å². The van der Waals surface area contributed by atoms with Crippen molar-refractivity contribution in [2.24, 2.45) is 0 Å². The summed E-state index contributed by atoms with van der Waals surface area (Å²) in [6, 6.07) is 3.49. The van der Waals surface area contributed by atoms with E-state index in [9.17, 15) is 14.7 Å². The molecule has 3 heterocycles. The second-order valence-electron chi connectivity index (χ2n) is 10.4. The normalized spacial score (nSPS) is 33.5. The second-order valence-corrected chi connectivity index (χ2v) is 10.4. The van der Waals surface area contributed by atoms with Crippen molar-refractivity contribution in [1.82, 2.24) is 10.2 Å². The first-order chi connectivity index (χ1) is 16.8. The minimum atomic E-state index is -1.07. The minimum Gasteiger partial charge on any atom is -0.493 e. The van der Waals surface area contributed by atoms with E-state index in [2.05, 4.69) is 16.3 Å². The number of ether oxygens (including phenoxy) is 4. The summed E-state index contributed by atoms with van der Waals surface area (Å²) in [5.41, 5.74) is 0.280. The van der Waals surface area contributed by atoms with Crippen LogP contribution in [0, 0.1) is 0 Å². The van der Waals surface area contributed by atoms with Crippen LogP contribution in [0.3, 0.4) is 0 Å². The summed E-state index contributed by atoms with van der Waals surface area (Å²) in [5.74, 6) is 0.477. The smallest absolute Gasteiger partial charge is 0.352 e. The quantitative estimate of drug-likeness (QED) is 0.527. The van der Waals surface area contributed by atoms with Crippen LogP contribution in [0.5, 0.6) is 11.5 Å². The third kappa shape index (κ3) is 3.85. The fourth-order valence-electron chi connectivity index (χ4n) is 6.98. The molecule has 9 nitrogen and oxygen atoms in total. The van der Waals surface area contributed by atoms with E-state index in [1.54, 1.807) is 13.2 Å². The Labute approximate surface area is 228 Å². The van der Waals surface area contributed by atoms with Gasteiger partial charge < -0.3 is 34.3 Å². The van der Waals surface area contributed by atoms with Crippen LogP contribution in [-0.2, 0) is 30.9 Å². The molecule has 1 aromatic carbocycles. The molecule has 0 radical (unpaired) electrons. The van der Waals surface area contributed by atoms with E-state index in [0.29, 0.717) is 42.9 Å². The molecule has 1 spiro atoms. The number of carbonyl (C=O) groups is 2. The van der Waals surface area contributed by atoms with E-state index in [4.69, 9.17) is 18.9 Å². The molecule has 2 N–H and O–H groups in total. The van der Waals surface area contributed by atoms with Gasteiger partial charge in [-0.05, 0) is 70.5 Å².